The standard InChI is InChI=1S/C10H8ClFOS/c1-5-10(13)6-2-3-8(11)9(12)7(6)4-14-5/h2-3,5H,4H2,1H3. The zero-order valence-corrected chi connectivity index (χ0v) is 9.08. The molecule has 0 aliphatic carbocycles. The van der Waals surface area contributed by atoms with Crippen LogP contribution in [0.5, 0.6) is 0 Å². The summed E-state index contributed by atoms with van der Waals surface area (Å²) in [7, 11) is 0. The molecule has 1 aliphatic heterocycles. The average Bonchev–Trinajstić information content (AvgIpc) is 2.17. The second-order valence-electron chi connectivity index (χ2n) is 3.20. The van der Waals surface area contributed by atoms with E-state index in [1.165, 1.54) is 17.8 Å². The highest BCUT2D eigenvalue weighted by Gasteiger charge is 2.27. The Morgan fingerprint density at radius 1 is 1.57 bits per heavy atom. The van der Waals surface area contributed by atoms with E-state index in [1.54, 1.807) is 6.07 Å². The highest BCUT2D eigenvalue weighted by molar-refractivity contribution is 8.00. The number of thioether (sulfide) groups is 1. The van der Waals surface area contributed by atoms with Crippen molar-refractivity contribution in [1.29, 1.82) is 0 Å². The first-order valence-corrected chi connectivity index (χ1v) is 5.66. The predicted molar refractivity (Wildman–Crippen MR) is 56.5 cm³/mol. The van der Waals surface area contributed by atoms with Gasteiger partial charge in [-0.2, -0.15) is 0 Å². The molecule has 0 amide bonds. The highest BCUT2D eigenvalue weighted by atomic mass is 35.5. The predicted octanol–water partition coefficient (Wildman–Crippen LogP) is 3.30. The van der Waals surface area contributed by atoms with E-state index < -0.39 is 5.82 Å². The lowest BCUT2D eigenvalue weighted by Crippen LogP contribution is -2.21. The molecule has 1 aromatic carbocycles. The number of hydrogen-bond acceptors (Lipinski definition) is 2. The number of benzene rings is 1. The number of carbonyl (C=O) groups excluding carboxylic acids is 1. The average molecular weight is 231 g/mol. The normalized spacial score (nSPS) is 20.8. The third kappa shape index (κ3) is 1.44. The van der Waals surface area contributed by atoms with Gasteiger partial charge in [-0.25, -0.2) is 4.39 Å². The van der Waals surface area contributed by atoms with Crippen LogP contribution in [0.1, 0.15) is 22.8 Å². The largest absolute Gasteiger partial charge is 0.293 e. The van der Waals surface area contributed by atoms with E-state index in [0.717, 1.165) is 0 Å². The molecule has 4 heteroatoms. The van der Waals surface area contributed by atoms with Crippen molar-refractivity contribution in [3.8, 4) is 0 Å². The van der Waals surface area contributed by atoms with Crippen LogP contribution >= 0.6 is 23.4 Å². The molecule has 1 heterocycles. The minimum atomic E-state index is -0.447. The van der Waals surface area contributed by atoms with Crippen LogP contribution in [0.2, 0.25) is 5.02 Å². The van der Waals surface area contributed by atoms with Crippen LogP contribution < -0.4 is 0 Å². The van der Waals surface area contributed by atoms with E-state index in [9.17, 15) is 9.18 Å². The molecule has 0 saturated carbocycles. The van der Waals surface area contributed by atoms with Gasteiger partial charge in [-0.15, -0.1) is 11.8 Å². The van der Waals surface area contributed by atoms with Crippen LogP contribution in [-0.4, -0.2) is 11.0 Å². The Hall–Kier alpha value is -0.540. The van der Waals surface area contributed by atoms with Gasteiger partial charge in [0.15, 0.2) is 5.78 Å². The lowest BCUT2D eigenvalue weighted by atomic mass is 10.0. The van der Waals surface area contributed by atoms with Crippen LogP contribution in [-0.2, 0) is 5.75 Å². The summed E-state index contributed by atoms with van der Waals surface area (Å²) in [6.45, 7) is 1.84. The van der Waals surface area contributed by atoms with Gasteiger partial charge in [0.2, 0.25) is 0 Å². The zero-order valence-electron chi connectivity index (χ0n) is 7.51. The maximum Gasteiger partial charge on any atom is 0.175 e. The number of halogens is 2. The van der Waals surface area contributed by atoms with E-state index in [4.69, 9.17) is 11.6 Å². The fraction of sp³-hybridized carbons (Fsp3) is 0.300. The molecular weight excluding hydrogens is 223 g/mol. The first-order chi connectivity index (χ1) is 6.61. The summed E-state index contributed by atoms with van der Waals surface area (Å²) >= 11 is 7.08. The van der Waals surface area contributed by atoms with Gasteiger partial charge >= 0.3 is 0 Å². The topological polar surface area (TPSA) is 17.1 Å². The maximum absolute atomic E-state index is 13.5. The fourth-order valence-electron chi connectivity index (χ4n) is 1.47. The number of carbonyl (C=O) groups is 1. The van der Waals surface area contributed by atoms with Crippen LogP contribution in [0.4, 0.5) is 4.39 Å². The third-order valence-corrected chi connectivity index (χ3v) is 3.77. The van der Waals surface area contributed by atoms with Gasteiger partial charge in [-0.3, -0.25) is 4.79 Å². The van der Waals surface area contributed by atoms with Gasteiger partial charge in [0, 0.05) is 16.9 Å². The Morgan fingerprint density at radius 2 is 2.29 bits per heavy atom. The van der Waals surface area contributed by atoms with Gasteiger partial charge < -0.3 is 0 Å². The SMILES string of the molecule is CC1SCc2c(ccc(Cl)c2F)C1=O. The lowest BCUT2D eigenvalue weighted by Gasteiger charge is -2.20. The molecule has 1 atom stereocenters. The van der Waals surface area contributed by atoms with Gasteiger partial charge in [0.25, 0.3) is 0 Å². The van der Waals surface area contributed by atoms with Crippen molar-refractivity contribution >= 4 is 29.1 Å². The van der Waals surface area contributed by atoms with Gasteiger partial charge in [0.1, 0.15) is 5.82 Å². The Balaban J connectivity index is 2.59. The molecule has 1 aromatic rings. The van der Waals surface area contributed by atoms with Gasteiger partial charge in [-0.1, -0.05) is 11.6 Å². The second-order valence-corrected chi connectivity index (χ2v) is 4.94. The van der Waals surface area contributed by atoms with Crippen molar-refractivity contribution in [2.24, 2.45) is 0 Å². The molecule has 0 bridgehead atoms. The highest BCUT2D eigenvalue weighted by Crippen LogP contribution is 2.33. The molecular formula is C10H8ClFOS. The third-order valence-electron chi connectivity index (χ3n) is 2.31. The summed E-state index contributed by atoms with van der Waals surface area (Å²) < 4.78 is 13.5. The van der Waals surface area contributed by atoms with Crippen molar-refractivity contribution in [2.75, 3.05) is 0 Å². The molecule has 0 fully saturated rings. The van der Waals surface area contributed by atoms with Crippen molar-refractivity contribution < 1.29 is 9.18 Å². The Morgan fingerprint density at radius 3 is 3.00 bits per heavy atom. The van der Waals surface area contributed by atoms with E-state index in [-0.39, 0.29) is 16.1 Å². The minimum absolute atomic E-state index is 0.00758. The Kier molecular flexibility index (Phi) is 2.54. The molecule has 0 saturated heterocycles. The summed E-state index contributed by atoms with van der Waals surface area (Å²) in [6.07, 6.45) is 0. The van der Waals surface area contributed by atoms with Crippen LogP contribution in [0.3, 0.4) is 0 Å². The van der Waals surface area contributed by atoms with Crippen molar-refractivity contribution in [2.45, 2.75) is 17.9 Å². The Bertz CT molecular complexity index is 405. The Labute approximate surface area is 90.6 Å². The van der Waals surface area contributed by atoms with Gasteiger partial charge in [-0.05, 0) is 19.1 Å². The molecule has 14 heavy (non-hydrogen) atoms. The van der Waals surface area contributed by atoms with E-state index in [0.29, 0.717) is 16.9 Å². The number of hydrogen-bond donors (Lipinski definition) is 0. The molecule has 1 aliphatic rings. The second kappa shape index (κ2) is 3.55. The zero-order chi connectivity index (χ0) is 10.3. The van der Waals surface area contributed by atoms with Crippen molar-refractivity contribution in [3.05, 3.63) is 34.1 Å². The number of Topliss-reactive ketones (excluding diaryl/α,β-unsaturated/α-hetero) is 1. The molecule has 0 N–H and O–H groups in total. The van der Waals surface area contributed by atoms with Gasteiger partial charge in [0.05, 0.1) is 10.3 Å². The molecule has 1 nitrogen and oxygen atoms in total. The molecule has 74 valence electrons. The first-order valence-electron chi connectivity index (χ1n) is 4.24. The van der Waals surface area contributed by atoms with Crippen LogP contribution in [0.25, 0.3) is 0 Å². The first kappa shape index (κ1) is 9.99. The molecule has 1 unspecified atom stereocenters. The summed E-state index contributed by atoms with van der Waals surface area (Å²) in [5.41, 5.74) is 0.934. The number of rotatable bonds is 0. The van der Waals surface area contributed by atoms with Crippen LogP contribution in [0, 0.1) is 5.82 Å². The van der Waals surface area contributed by atoms with E-state index in [2.05, 4.69) is 0 Å². The van der Waals surface area contributed by atoms with E-state index >= 15 is 0 Å². The summed E-state index contributed by atoms with van der Waals surface area (Å²) in [5.74, 6) is 0.0676. The van der Waals surface area contributed by atoms with E-state index in [1.807, 2.05) is 6.92 Å². The smallest absolute Gasteiger partial charge is 0.175 e. The van der Waals surface area contributed by atoms with Crippen molar-refractivity contribution in [3.63, 3.8) is 0 Å². The summed E-state index contributed by atoms with van der Waals surface area (Å²) in [4.78, 5) is 11.6. The maximum atomic E-state index is 13.5. The molecule has 0 aromatic heterocycles. The monoisotopic (exact) mass is 230 g/mol. The summed E-state index contributed by atoms with van der Waals surface area (Å²) in [6, 6.07) is 3.05. The van der Waals surface area contributed by atoms with Crippen LogP contribution in [0.15, 0.2) is 12.1 Å². The van der Waals surface area contributed by atoms with Crippen molar-refractivity contribution in [1.82, 2.24) is 0 Å². The summed E-state index contributed by atoms with van der Waals surface area (Å²) in [5, 5.41) is 0.00905. The minimum Gasteiger partial charge on any atom is -0.293 e. The number of fused-ring (bicyclic) bond motifs is 1. The molecule has 2 rings (SSSR count). The lowest BCUT2D eigenvalue weighted by molar-refractivity contribution is 0.0991. The fourth-order valence-corrected chi connectivity index (χ4v) is 2.62. The quantitative estimate of drug-likeness (QED) is 0.680. The molecule has 0 radical (unpaired) electrons. The molecule has 0 spiro atoms. The number of ketones is 1.